The van der Waals surface area contributed by atoms with Gasteiger partial charge in [0.15, 0.2) is 0 Å². The molecule has 0 amide bonds. The Kier molecular flexibility index (Phi) is 4.40. The molecule has 0 aliphatic carbocycles. The predicted molar refractivity (Wildman–Crippen MR) is 92.0 cm³/mol. The molecule has 124 valence electrons. The fourth-order valence-corrected chi connectivity index (χ4v) is 2.70. The van der Waals surface area contributed by atoms with E-state index in [1.54, 1.807) is 0 Å². The van der Waals surface area contributed by atoms with Gasteiger partial charge in [0.2, 0.25) is 0 Å². The zero-order valence-electron chi connectivity index (χ0n) is 13.6. The number of H-pyrrole nitrogens is 1. The number of aromatic nitrogens is 4. The molecule has 0 atom stereocenters. The molecule has 1 N–H and O–H groups in total. The van der Waals surface area contributed by atoms with E-state index in [1.165, 1.54) is 4.68 Å². The molecular formula is C17H17ClN4O2. The summed E-state index contributed by atoms with van der Waals surface area (Å²) < 4.78 is 7.18. The Balaban J connectivity index is 1.95. The lowest BCUT2D eigenvalue weighted by atomic mass is 10.1. The van der Waals surface area contributed by atoms with Gasteiger partial charge in [0.05, 0.1) is 5.69 Å². The third-order valence-electron chi connectivity index (χ3n) is 3.91. The van der Waals surface area contributed by atoms with Gasteiger partial charge < -0.3 is 4.74 Å². The first-order chi connectivity index (χ1) is 11.5. The average Bonchev–Trinajstić information content (AvgIpc) is 2.96. The lowest BCUT2D eigenvalue weighted by molar-refractivity contribution is 0.302. The minimum atomic E-state index is -0.392. The molecule has 2 aromatic carbocycles. The number of aryl methyl sites for hydroxylation is 3. The highest BCUT2D eigenvalue weighted by Crippen LogP contribution is 2.28. The van der Waals surface area contributed by atoms with Crippen LogP contribution < -0.4 is 10.4 Å². The summed E-state index contributed by atoms with van der Waals surface area (Å²) in [6.07, 6.45) is 0. The summed E-state index contributed by atoms with van der Waals surface area (Å²) in [5.41, 5.74) is 4.13. The minimum Gasteiger partial charge on any atom is -0.488 e. The number of aromatic amines is 1. The highest BCUT2D eigenvalue weighted by molar-refractivity contribution is 6.31. The molecular weight excluding hydrogens is 328 g/mol. The van der Waals surface area contributed by atoms with Crippen LogP contribution in [-0.4, -0.2) is 20.2 Å². The van der Waals surface area contributed by atoms with Crippen LogP contribution in [-0.2, 0) is 6.61 Å². The van der Waals surface area contributed by atoms with Crippen molar-refractivity contribution in [3.63, 3.8) is 0 Å². The van der Waals surface area contributed by atoms with E-state index in [-0.39, 0.29) is 0 Å². The number of nitrogens with one attached hydrogen (secondary N) is 1. The Labute approximate surface area is 144 Å². The second-order valence-electron chi connectivity index (χ2n) is 5.65. The first kappa shape index (κ1) is 16.3. The van der Waals surface area contributed by atoms with E-state index in [0.29, 0.717) is 23.1 Å². The van der Waals surface area contributed by atoms with Crippen molar-refractivity contribution in [1.82, 2.24) is 20.2 Å². The first-order valence-corrected chi connectivity index (χ1v) is 7.84. The lowest BCUT2D eigenvalue weighted by Crippen LogP contribution is -2.18. The summed E-state index contributed by atoms with van der Waals surface area (Å²) in [5.74, 6) is 0.715. The average molecular weight is 345 g/mol. The van der Waals surface area contributed by atoms with Crippen LogP contribution in [0.5, 0.6) is 5.75 Å². The zero-order chi connectivity index (χ0) is 17.3. The topological polar surface area (TPSA) is 72.8 Å². The van der Waals surface area contributed by atoms with Gasteiger partial charge in [-0.3, -0.25) is 0 Å². The fourth-order valence-electron chi connectivity index (χ4n) is 2.54. The molecule has 3 rings (SSSR count). The maximum atomic E-state index is 11.8. The maximum absolute atomic E-state index is 11.8. The van der Waals surface area contributed by atoms with Gasteiger partial charge in [-0.25, -0.2) is 9.89 Å². The molecule has 7 heteroatoms. The molecule has 6 nitrogen and oxygen atoms in total. The van der Waals surface area contributed by atoms with Crippen LogP contribution in [0.2, 0.25) is 5.02 Å². The third kappa shape index (κ3) is 3.05. The maximum Gasteiger partial charge on any atom is 0.365 e. The lowest BCUT2D eigenvalue weighted by Gasteiger charge is -2.15. The molecule has 1 aromatic heterocycles. The summed E-state index contributed by atoms with van der Waals surface area (Å²) >= 11 is 6.18. The number of benzene rings is 2. The zero-order valence-corrected chi connectivity index (χ0v) is 14.4. The summed E-state index contributed by atoms with van der Waals surface area (Å²) in [5, 5.41) is 10.3. The quantitative estimate of drug-likeness (QED) is 0.789. The van der Waals surface area contributed by atoms with Crippen LogP contribution in [0.15, 0.2) is 35.1 Å². The number of hydrogen-bond donors (Lipinski definition) is 1. The molecule has 0 unspecified atom stereocenters. The second-order valence-corrected chi connectivity index (χ2v) is 6.05. The minimum absolute atomic E-state index is 0.293. The van der Waals surface area contributed by atoms with Crippen LogP contribution in [0.3, 0.4) is 0 Å². The molecule has 0 aliphatic rings. The van der Waals surface area contributed by atoms with Crippen LogP contribution in [0.1, 0.15) is 22.3 Å². The Hall–Kier alpha value is -2.60. The third-order valence-corrected chi connectivity index (χ3v) is 4.32. The highest BCUT2D eigenvalue weighted by Gasteiger charge is 2.13. The van der Waals surface area contributed by atoms with Gasteiger partial charge in [0.25, 0.3) is 0 Å². The van der Waals surface area contributed by atoms with Crippen molar-refractivity contribution in [3.8, 4) is 11.4 Å². The monoisotopic (exact) mass is 344 g/mol. The van der Waals surface area contributed by atoms with E-state index in [4.69, 9.17) is 16.3 Å². The summed E-state index contributed by atoms with van der Waals surface area (Å²) in [6, 6.07) is 9.43. The molecule has 0 aliphatic heterocycles. The summed E-state index contributed by atoms with van der Waals surface area (Å²) in [7, 11) is 0. The van der Waals surface area contributed by atoms with Crippen molar-refractivity contribution < 1.29 is 4.74 Å². The molecule has 0 bridgehead atoms. The Morgan fingerprint density at radius 3 is 2.67 bits per heavy atom. The van der Waals surface area contributed by atoms with Crippen LogP contribution in [0, 0.1) is 20.8 Å². The highest BCUT2D eigenvalue weighted by atomic mass is 35.5. The first-order valence-electron chi connectivity index (χ1n) is 7.46. The number of rotatable bonds is 4. The normalized spacial score (nSPS) is 10.8. The van der Waals surface area contributed by atoms with E-state index in [2.05, 4.69) is 15.5 Å². The molecule has 0 saturated carbocycles. The van der Waals surface area contributed by atoms with Crippen molar-refractivity contribution >= 4 is 11.6 Å². The van der Waals surface area contributed by atoms with Crippen LogP contribution in [0.4, 0.5) is 0 Å². The molecule has 3 aromatic rings. The molecule has 0 radical (unpaired) electrons. The predicted octanol–water partition coefficient (Wildman–Crippen LogP) is 3.11. The van der Waals surface area contributed by atoms with E-state index in [9.17, 15) is 4.79 Å². The molecule has 0 saturated heterocycles. The Bertz CT molecular complexity index is 946. The van der Waals surface area contributed by atoms with Gasteiger partial charge in [-0.1, -0.05) is 29.8 Å². The Morgan fingerprint density at radius 2 is 1.96 bits per heavy atom. The fraction of sp³-hybridized carbons (Fsp3) is 0.235. The van der Waals surface area contributed by atoms with Crippen LogP contribution in [0.25, 0.3) is 5.69 Å². The summed E-state index contributed by atoms with van der Waals surface area (Å²) in [6.45, 7) is 6.18. The largest absolute Gasteiger partial charge is 0.488 e. The van der Waals surface area contributed by atoms with Gasteiger partial charge in [-0.15, -0.1) is 0 Å². The van der Waals surface area contributed by atoms with Crippen molar-refractivity contribution in [1.29, 1.82) is 0 Å². The molecule has 24 heavy (non-hydrogen) atoms. The van der Waals surface area contributed by atoms with E-state index in [0.717, 1.165) is 22.3 Å². The van der Waals surface area contributed by atoms with Crippen LogP contribution >= 0.6 is 11.6 Å². The van der Waals surface area contributed by atoms with Crippen molar-refractivity contribution in [2.75, 3.05) is 0 Å². The standard InChI is InChI=1S/C17H17ClN4O2/c1-10-5-4-6-15(22-17(23)19-20-21-22)13(10)9-24-16-8-14(18)11(2)7-12(16)3/h4-8H,9H2,1-3H3,(H,19,21,23). The van der Waals surface area contributed by atoms with Gasteiger partial charge in [-0.05, 0) is 60.0 Å². The van der Waals surface area contributed by atoms with E-state index >= 15 is 0 Å². The Morgan fingerprint density at radius 1 is 1.17 bits per heavy atom. The SMILES string of the molecule is Cc1cc(C)c(OCc2c(C)cccc2-n2nn[nH]c2=O)cc1Cl. The number of hydrogen-bond acceptors (Lipinski definition) is 4. The molecule has 1 heterocycles. The number of tetrazole rings is 1. The number of ether oxygens (including phenoxy) is 1. The van der Waals surface area contributed by atoms with Gasteiger partial charge >= 0.3 is 5.69 Å². The number of nitrogens with zero attached hydrogens (tertiary/aromatic N) is 3. The molecule has 0 fully saturated rings. The van der Waals surface area contributed by atoms with Crippen molar-refractivity contribution in [2.24, 2.45) is 0 Å². The van der Waals surface area contributed by atoms with E-state index < -0.39 is 5.69 Å². The smallest absolute Gasteiger partial charge is 0.365 e. The van der Waals surface area contributed by atoms with Gasteiger partial charge in [0.1, 0.15) is 12.4 Å². The van der Waals surface area contributed by atoms with Crippen molar-refractivity contribution in [2.45, 2.75) is 27.4 Å². The van der Waals surface area contributed by atoms with Gasteiger partial charge in [-0.2, -0.15) is 4.68 Å². The van der Waals surface area contributed by atoms with Crippen molar-refractivity contribution in [3.05, 3.63) is 68.1 Å². The van der Waals surface area contributed by atoms with Gasteiger partial charge in [0, 0.05) is 10.6 Å². The second kappa shape index (κ2) is 6.49. The van der Waals surface area contributed by atoms with E-state index in [1.807, 2.05) is 51.1 Å². The molecule has 0 spiro atoms. The summed E-state index contributed by atoms with van der Waals surface area (Å²) in [4.78, 5) is 11.8. The number of halogens is 1.